The zero-order valence-electron chi connectivity index (χ0n) is 11.7. The Labute approximate surface area is 110 Å². The van der Waals surface area contributed by atoms with Crippen LogP contribution in [0.25, 0.3) is 0 Å². The standard InChI is InChI=1S/C13H27N3O2/c1-3-5-11-8-12(15-13(17)18-4-2)10-16(9-11)7-6-14/h11-12H,3-10,14H2,1-2H3,(H,15,17). The Balaban J connectivity index is 2.46. The lowest BCUT2D eigenvalue weighted by molar-refractivity contribution is 0.116. The van der Waals surface area contributed by atoms with E-state index < -0.39 is 0 Å². The highest BCUT2D eigenvalue weighted by molar-refractivity contribution is 5.67. The van der Waals surface area contributed by atoms with Crippen LogP contribution in [0, 0.1) is 5.92 Å². The van der Waals surface area contributed by atoms with Crippen LogP contribution in [0.4, 0.5) is 4.79 Å². The molecule has 0 spiro atoms. The predicted molar refractivity (Wildman–Crippen MR) is 72.5 cm³/mol. The van der Waals surface area contributed by atoms with Crippen LogP contribution in [-0.4, -0.2) is 49.8 Å². The molecule has 1 fully saturated rings. The van der Waals surface area contributed by atoms with Gasteiger partial charge in [0.1, 0.15) is 0 Å². The number of piperidine rings is 1. The minimum Gasteiger partial charge on any atom is -0.450 e. The Bertz CT molecular complexity index is 234. The van der Waals surface area contributed by atoms with Gasteiger partial charge in [0.2, 0.25) is 0 Å². The molecule has 0 aromatic rings. The van der Waals surface area contributed by atoms with E-state index in [1.54, 1.807) is 0 Å². The number of alkyl carbamates (subject to hydrolysis) is 1. The van der Waals surface area contributed by atoms with Crippen molar-refractivity contribution in [3.8, 4) is 0 Å². The highest BCUT2D eigenvalue weighted by Crippen LogP contribution is 2.21. The number of amides is 1. The maximum Gasteiger partial charge on any atom is 0.407 e. The van der Waals surface area contributed by atoms with Crippen LogP contribution in [-0.2, 0) is 4.74 Å². The SMILES string of the molecule is CCCC1CC(NC(=O)OCC)CN(CCN)C1. The van der Waals surface area contributed by atoms with Gasteiger partial charge in [-0.1, -0.05) is 13.3 Å². The molecule has 0 aliphatic carbocycles. The summed E-state index contributed by atoms with van der Waals surface area (Å²) in [5.41, 5.74) is 5.62. The lowest BCUT2D eigenvalue weighted by Crippen LogP contribution is -2.51. The summed E-state index contributed by atoms with van der Waals surface area (Å²) in [4.78, 5) is 13.8. The quantitative estimate of drug-likeness (QED) is 0.750. The van der Waals surface area contributed by atoms with Crippen LogP contribution in [0.3, 0.4) is 0 Å². The van der Waals surface area contributed by atoms with Gasteiger partial charge in [-0.3, -0.25) is 4.90 Å². The number of nitrogens with zero attached hydrogens (tertiary/aromatic N) is 1. The molecule has 0 aromatic heterocycles. The highest BCUT2D eigenvalue weighted by atomic mass is 16.5. The maximum absolute atomic E-state index is 11.5. The van der Waals surface area contributed by atoms with Gasteiger partial charge in [0.25, 0.3) is 0 Å². The Hall–Kier alpha value is -0.810. The predicted octanol–water partition coefficient (Wildman–Crippen LogP) is 1.18. The van der Waals surface area contributed by atoms with Crippen molar-refractivity contribution in [1.82, 2.24) is 10.2 Å². The van der Waals surface area contributed by atoms with Gasteiger partial charge < -0.3 is 15.8 Å². The summed E-state index contributed by atoms with van der Waals surface area (Å²) >= 11 is 0. The number of nitrogens with two attached hydrogens (primary N) is 1. The lowest BCUT2D eigenvalue weighted by atomic mass is 9.90. The molecule has 3 N–H and O–H groups in total. The number of rotatable bonds is 6. The summed E-state index contributed by atoms with van der Waals surface area (Å²) in [5.74, 6) is 0.655. The molecule has 0 bridgehead atoms. The largest absolute Gasteiger partial charge is 0.450 e. The van der Waals surface area contributed by atoms with E-state index in [0.29, 0.717) is 19.1 Å². The van der Waals surface area contributed by atoms with E-state index in [1.807, 2.05) is 6.92 Å². The van der Waals surface area contributed by atoms with Crippen LogP contribution >= 0.6 is 0 Å². The van der Waals surface area contributed by atoms with Crippen LogP contribution in [0.1, 0.15) is 33.1 Å². The molecular weight excluding hydrogens is 230 g/mol. The number of hydrogen-bond acceptors (Lipinski definition) is 4. The molecule has 0 radical (unpaired) electrons. The first kappa shape index (κ1) is 15.2. The summed E-state index contributed by atoms with van der Waals surface area (Å²) in [6.07, 6.45) is 3.15. The van der Waals surface area contributed by atoms with Gasteiger partial charge in [-0.25, -0.2) is 4.79 Å². The third kappa shape index (κ3) is 5.23. The van der Waals surface area contributed by atoms with Crippen molar-refractivity contribution >= 4 is 6.09 Å². The first-order valence-corrected chi connectivity index (χ1v) is 7.05. The summed E-state index contributed by atoms with van der Waals surface area (Å²) in [6, 6.07) is 0.195. The topological polar surface area (TPSA) is 67.6 Å². The Morgan fingerprint density at radius 1 is 1.44 bits per heavy atom. The van der Waals surface area contributed by atoms with Gasteiger partial charge in [0.15, 0.2) is 0 Å². The minimum absolute atomic E-state index is 0.195. The van der Waals surface area contributed by atoms with Gasteiger partial charge in [-0.05, 0) is 25.7 Å². The van der Waals surface area contributed by atoms with Crippen molar-refractivity contribution in [2.24, 2.45) is 11.7 Å². The van der Waals surface area contributed by atoms with E-state index in [1.165, 1.54) is 12.8 Å². The number of likely N-dealkylation sites (tertiary alicyclic amines) is 1. The normalized spacial score (nSPS) is 24.8. The van der Waals surface area contributed by atoms with E-state index in [2.05, 4.69) is 17.1 Å². The molecular formula is C13H27N3O2. The number of nitrogens with one attached hydrogen (secondary N) is 1. The van der Waals surface area contributed by atoms with Crippen molar-refractivity contribution in [2.75, 3.05) is 32.8 Å². The molecule has 1 amide bonds. The molecule has 5 heteroatoms. The molecule has 5 nitrogen and oxygen atoms in total. The third-order valence-electron chi connectivity index (χ3n) is 3.35. The van der Waals surface area contributed by atoms with E-state index in [4.69, 9.17) is 10.5 Å². The molecule has 1 heterocycles. The number of ether oxygens (including phenoxy) is 1. The van der Waals surface area contributed by atoms with Gasteiger partial charge in [0.05, 0.1) is 6.61 Å². The summed E-state index contributed by atoms with van der Waals surface area (Å²) in [6.45, 7) is 8.01. The molecule has 1 saturated heterocycles. The molecule has 2 atom stereocenters. The van der Waals surface area contributed by atoms with Crippen molar-refractivity contribution in [1.29, 1.82) is 0 Å². The molecule has 18 heavy (non-hydrogen) atoms. The van der Waals surface area contributed by atoms with Gasteiger partial charge in [-0.2, -0.15) is 0 Å². The van der Waals surface area contributed by atoms with Gasteiger partial charge in [0, 0.05) is 32.2 Å². The fraction of sp³-hybridized carbons (Fsp3) is 0.923. The van der Waals surface area contributed by atoms with Crippen molar-refractivity contribution < 1.29 is 9.53 Å². The van der Waals surface area contributed by atoms with Crippen molar-refractivity contribution in [3.05, 3.63) is 0 Å². The Morgan fingerprint density at radius 2 is 2.22 bits per heavy atom. The smallest absolute Gasteiger partial charge is 0.407 e. The zero-order chi connectivity index (χ0) is 13.4. The van der Waals surface area contributed by atoms with E-state index in [9.17, 15) is 4.79 Å². The first-order chi connectivity index (χ1) is 8.69. The summed E-state index contributed by atoms with van der Waals surface area (Å²) in [7, 11) is 0. The molecule has 2 unspecified atom stereocenters. The molecule has 1 rings (SSSR count). The maximum atomic E-state index is 11.5. The van der Waals surface area contributed by atoms with Crippen LogP contribution in [0.2, 0.25) is 0 Å². The number of carbonyl (C=O) groups excluding carboxylic acids is 1. The minimum atomic E-state index is -0.299. The summed E-state index contributed by atoms with van der Waals surface area (Å²) < 4.78 is 4.94. The van der Waals surface area contributed by atoms with Gasteiger partial charge >= 0.3 is 6.09 Å². The second kappa shape index (κ2) is 8.32. The lowest BCUT2D eigenvalue weighted by Gasteiger charge is -2.37. The van der Waals surface area contributed by atoms with E-state index in [0.717, 1.165) is 26.1 Å². The second-order valence-corrected chi connectivity index (χ2v) is 5.00. The van der Waals surface area contributed by atoms with E-state index in [-0.39, 0.29) is 12.1 Å². The monoisotopic (exact) mass is 257 g/mol. The second-order valence-electron chi connectivity index (χ2n) is 5.00. The average molecular weight is 257 g/mol. The fourth-order valence-corrected chi connectivity index (χ4v) is 2.73. The molecule has 0 aromatic carbocycles. The third-order valence-corrected chi connectivity index (χ3v) is 3.35. The molecule has 106 valence electrons. The van der Waals surface area contributed by atoms with Crippen LogP contribution in [0.15, 0.2) is 0 Å². The zero-order valence-corrected chi connectivity index (χ0v) is 11.7. The van der Waals surface area contributed by atoms with Crippen molar-refractivity contribution in [3.63, 3.8) is 0 Å². The van der Waals surface area contributed by atoms with Gasteiger partial charge in [-0.15, -0.1) is 0 Å². The van der Waals surface area contributed by atoms with E-state index >= 15 is 0 Å². The van der Waals surface area contributed by atoms with Crippen LogP contribution < -0.4 is 11.1 Å². The molecule has 1 aliphatic rings. The molecule has 1 aliphatic heterocycles. The van der Waals surface area contributed by atoms with Crippen molar-refractivity contribution in [2.45, 2.75) is 39.2 Å². The highest BCUT2D eigenvalue weighted by Gasteiger charge is 2.27. The first-order valence-electron chi connectivity index (χ1n) is 7.05. The fourth-order valence-electron chi connectivity index (χ4n) is 2.73. The number of hydrogen-bond donors (Lipinski definition) is 2. The number of carbonyl (C=O) groups is 1. The summed E-state index contributed by atoms with van der Waals surface area (Å²) in [5, 5.41) is 2.95. The van der Waals surface area contributed by atoms with Crippen LogP contribution in [0.5, 0.6) is 0 Å². The Morgan fingerprint density at radius 3 is 2.83 bits per heavy atom. The molecule has 0 saturated carbocycles. The Kier molecular flexibility index (Phi) is 7.05. The average Bonchev–Trinajstić information content (AvgIpc) is 2.29.